The van der Waals surface area contributed by atoms with E-state index in [4.69, 9.17) is 14.4 Å². The van der Waals surface area contributed by atoms with Crippen molar-refractivity contribution in [3.63, 3.8) is 0 Å². The zero-order valence-electron chi connectivity index (χ0n) is 19.3. The molecule has 0 aliphatic heterocycles. The van der Waals surface area contributed by atoms with Crippen molar-refractivity contribution in [2.24, 2.45) is 5.92 Å². The second-order valence-corrected chi connectivity index (χ2v) is 8.43. The maximum absolute atomic E-state index is 11.1. The molecule has 0 aliphatic rings. The molecule has 9 nitrogen and oxygen atoms in total. The molecule has 0 spiro atoms. The minimum absolute atomic E-state index is 0.00109. The quantitative estimate of drug-likeness (QED) is 0.426. The molecule has 0 bridgehead atoms. The van der Waals surface area contributed by atoms with Crippen LogP contribution in [0.4, 0.5) is 0 Å². The SMILES string of the molecule is Cc1cc(-c2noc(-c3ccc(CC(C)C)nc3)n2)cc(C)c1OCC(O)CNC(=O)CO. The monoisotopic (exact) mass is 454 g/mol. The van der Waals surface area contributed by atoms with Crippen LogP contribution in [-0.2, 0) is 11.2 Å². The number of ether oxygens (including phenoxy) is 1. The molecule has 0 saturated heterocycles. The van der Waals surface area contributed by atoms with Crippen molar-refractivity contribution in [2.45, 2.75) is 40.2 Å². The van der Waals surface area contributed by atoms with Crippen molar-refractivity contribution < 1.29 is 24.3 Å². The first-order valence-corrected chi connectivity index (χ1v) is 10.9. The van der Waals surface area contributed by atoms with E-state index in [1.807, 2.05) is 38.1 Å². The average Bonchev–Trinajstić information content (AvgIpc) is 3.27. The maximum Gasteiger partial charge on any atom is 0.259 e. The molecule has 3 aromatic rings. The van der Waals surface area contributed by atoms with Gasteiger partial charge in [-0.15, -0.1) is 0 Å². The summed E-state index contributed by atoms with van der Waals surface area (Å²) in [5, 5.41) is 25.2. The van der Waals surface area contributed by atoms with Crippen LogP contribution in [-0.4, -0.2) is 57.1 Å². The van der Waals surface area contributed by atoms with Crippen molar-refractivity contribution in [3.05, 3.63) is 47.3 Å². The van der Waals surface area contributed by atoms with Gasteiger partial charge in [0.1, 0.15) is 25.1 Å². The van der Waals surface area contributed by atoms with Crippen LogP contribution in [0.3, 0.4) is 0 Å². The smallest absolute Gasteiger partial charge is 0.259 e. The molecule has 3 rings (SSSR count). The Morgan fingerprint density at radius 1 is 1.18 bits per heavy atom. The lowest BCUT2D eigenvalue weighted by atomic mass is 10.1. The molecule has 0 saturated carbocycles. The van der Waals surface area contributed by atoms with E-state index < -0.39 is 18.6 Å². The van der Waals surface area contributed by atoms with Gasteiger partial charge in [0, 0.05) is 24.0 Å². The van der Waals surface area contributed by atoms with Crippen LogP contribution in [0.1, 0.15) is 30.7 Å². The normalized spacial score (nSPS) is 12.1. The fourth-order valence-corrected chi connectivity index (χ4v) is 3.38. The lowest BCUT2D eigenvalue weighted by Crippen LogP contribution is -2.36. The van der Waals surface area contributed by atoms with Crippen molar-refractivity contribution in [1.82, 2.24) is 20.4 Å². The lowest BCUT2D eigenvalue weighted by molar-refractivity contribution is -0.124. The summed E-state index contributed by atoms with van der Waals surface area (Å²) in [7, 11) is 0. The number of hydrogen-bond donors (Lipinski definition) is 3. The molecule has 0 aliphatic carbocycles. The first kappa shape index (κ1) is 24.3. The molecule has 1 atom stereocenters. The maximum atomic E-state index is 11.1. The first-order valence-electron chi connectivity index (χ1n) is 10.9. The summed E-state index contributed by atoms with van der Waals surface area (Å²) < 4.78 is 11.2. The number of aliphatic hydroxyl groups is 2. The van der Waals surface area contributed by atoms with Gasteiger partial charge < -0.3 is 24.8 Å². The van der Waals surface area contributed by atoms with Crippen LogP contribution >= 0.6 is 0 Å². The standard InChI is InChI=1S/C24H30N4O5/c1-14(2)7-19-6-5-17(10-25-19)24-27-23(28-33-24)18-8-15(3)22(16(4)9-18)32-13-20(30)11-26-21(31)12-29/h5-6,8-10,14,20,29-30H,7,11-13H2,1-4H3,(H,26,31). The molecule has 1 amide bonds. The largest absolute Gasteiger partial charge is 0.490 e. The summed E-state index contributed by atoms with van der Waals surface area (Å²) in [5.41, 5.74) is 4.27. The van der Waals surface area contributed by atoms with Gasteiger partial charge in [0.25, 0.3) is 5.89 Å². The fourth-order valence-electron chi connectivity index (χ4n) is 3.38. The topological polar surface area (TPSA) is 131 Å². The Morgan fingerprint density at radius 2 is 1.91 bits per heavy atom. The highest BCUT2D eigenvalue weighted by atomic mass is 16.5. The number of aryl methyl sites for hydroxylation is 2. The van der Waals surface area contributed by atoms with Gasteiger partial charge in [-0.2, -0.15) is 4.98 Å². The van der Waals surface area contributed by atoms with Crippen molar-refractivity contribution in [2.75, 3.05) is 19.8 Å². The number of benzene rings is 1. The van der Waals surface area contributed by atoms with E-state index in [1.165, 1.54) is 0 Å². The number of rotatable bonds is 10. The highest BCUT2D eigenvalue weighted by Crippen LogP contribution is 2.30. The summed E-state index contributed by atoms with van der Waals surface area (Å²) in [6, 6.07) is 7.69. The second-order valence-electron chi connectivity index (χ2n) is 8.43. The van der Waals surface area contributed by atoms with E-state index in [0.717, 1.165) is 34.4 Å². The number of carbonyl (C=O) groups is 1. The average molecular weight is 455 g/mol. The molecule has 33 heavy (non-hydrogen) atoms. The van der Waals surface area contributed by atoms with Gasteiger partial charge in [-0.1, -0.05) is 19.0 Å². The molecule has 0 fully saturated rings. The number of hydrogen-bond acceptors (Lipinski definition) is 8. The van der Waals surface area contributed by atoms with Crippen LogP contribution in [0.2, 0.25) is 0 Å². The van der Waals surface area contributed by atoms with E-state index >= 15 is 0 Å². The molecule has 1 aromatic carbocycles. The van der Waals surface area contributed by atoms with Crippen LogP contribution in [0.25, 0.3) is 22.8 Å². The third-order valence-electron chi connectivity index (χ3n) is 4.93. The van der Waals surface area contributed by atoms with Gasteiger partial charge in [-0.05, 0) is 61.6 Å². The minimum Gasteiger partial charge on any atom is -0.490 e. The summed E-state index contributed by atoms with van der Waals surface area (Å²) in [5.74, 6) is 1.48. The van der Waals surface area contributed by atoms with Crippen LogP contribution in [0.15, 0.2) is 35.0 Å². The van der Waals surface area contributed by atoms with Crippen molar-refractivity contribution >= 4 is 5.91 Å². The summed E-state index contributed by atoms with van der Waals surface area (Å²) in [6.45, 7) is 7.47. The van der Waals surface area contributed by atoms with Crippen molar-refractivity contribution in [3.8, 4) is 28.6 Å². The Hall–Kier alpha value is -3.30. The number of amides is 1. The number of aliphatic hydroxyl groups excluding tert-OH is 2. The zero-order chi connectivity index (χ0) is 24.0. The summed E-state index contributed by atoms with van der Waals surface area (Å²) in [4.78, 5) is 20.1. The van der Waals surface area contributed by atoms with Crippen LogP contribution in [0.5, 0.6) is 5.75 Å². The second kappa shape index (κ2) is 11.0. The number of nitrogens with zero attached hydrogens (tertiary/aromatic N) is 3. The zero-order valence-corrected chi connectivity index (χ0v) is 19.3. The Bertz CT molecular complexity index is 1060. The van der Waals surface area contributed by atoms with E-state index in [-0.39, 0.29) is 13.2 Å². The lowest BCUT2D eigenvalue weighted by Gasteiger charge is -2.16. The first-order chi connectivity index (χ1) is 15.8. The fraction of sp³-hybridized carbons (Fsp3) is 0.417. The van der Waals surface area contributed by atoms with Gasteiger partial charge in [0.05, 0.1) is 5.56 Å². The molecular weight excluding hydrogens is 424 g/mol. The van der Waals surface area contributed by atoms with Crippen LogP contribution in [0, 0.1) is 19.8 Å². The Morgan fingerprint density at radius 3 is 2.52 bits per heavy atom. The van der Waals surface area contributed by atoms with Gasteiger partial charge >= 0.3 is 0 Å². The molecule has 176 valence electrons. The summed E-state index contributed by atoms with van der Waals surface area (Å²) in [6.07, 6.45) is 1.76. The molecule has 1 unspecified atom stereocenters. The molecular formula is C24H30N4O5. The van der Waals surface area contributed by atoms with Gasteiger partial charge in [0.2, 0.25) is 11.7 Å². The van der Waals surface area contributed by atoms with Gasteiger partial charge in [-0.3, -0.25) is 9.78 Å². The molecule has 3 N–H and O–H groups in total. The highest BCUT2D eigenvalue weighted by Gasteiger charge is 2.16. The van der Waals surface area contributed by atoms with E-state index in [9.17, 15) is 9.90 Å². The number of aromatic nitrogens is 3. The number of carbonyl (C=O) groups excluding carboxylic acids is 1. The molecule has 9 heteroatoms. The van der Waals surface area contributed by atoms with Crippen LogP contribution < -0.4 is 10.1 Å². The van der Waals surface area contributed by atoms with Gasteiger partial charge in [-0.25, -0.2) is 0 Å². The van der Waals surface area contributed by atoms with Crippen molar-refractivity contribution in [1.29, 1.82) is 0 Å². The van der Waals surface area contributed by atoms with E-state index in [1.54, 1.807) is 6.20 Å². The Labute approximate surface area is 192 Å². The third kappa shape index (κ3) is 6.59. The predicted octanol–water partition coefficient (Wildman–Crippen LogP) is 2.46. The molecule has 2 heterocycles. The third-order valence-corrected chi connectivity index (χ3v) is 4.93. The molecule has 0 radical (unpaired) electrons. The minimum atomic E-state index is -0.903. The summed E-state index contributed by atoms with van der Waals surface area (Å²) >= 11 is 0. The van der Waals surface area contributed by atoms with E-state index in [2.05, 4.69) is 34.3 Å². The molecule has 2 aromatic heterocycles. The Balaban J connectivity index is 1.68. The number of nitrogens with one attached hydrogen (secondary N) is 1. The number of pyridine rings is 1. The predicted molar refractivity (Wildman–Crippen MR) is 123 cm³/mol. The highest BCUT2D eigenvalue weighted by molar-refractivity contribution is 5.76. The van der Waals surface area contributed by atoms with E-state index in [0.29, 0.717) is 23.4 Å². The van der Waals surface area contributed by atoms with Gasteiger partial charge in [0.15, 0.2) is 0 Å². The Kier molecular flexibility index (Phi) is 8.13.